The monoisotopic (exact) mass is 325 g/mol. The third-order valence-electron chi connectivity index (χ3n) is 3.08. The maximum atomic E-state index is 14.0. The molecule has 1 amide bonds. The molecule has 0 radical (unpaired) electrons. The van der Waals surface area contributed by atoms with Crippen molar-refractivity contribution >= 4 is 6.09 Å². The average Bonchev–Trinajstić information content (AvgIpc) is 2.44. The lowest BCUT2D eigenvalue weighted by Crippen LogP contribution is -2.32. The van der Waals surface area contributed by atoms with E-state index in [1.165, 1.54) is 6.07 Å². The molecular formula is C17H28FN3O2. The van der Waals surface area contributed by atoms with Gasteiger partial charge in [-0.25, -0.2) is 9.18 Å². The van der Waals surface area contributed by atoms with Gasteiger partial charge in [0.15, 0.2) is 0 Å². The first-order valence-electron chi connectivity index (χ1n) is 7.97. The summed E-state index contributed by atoms with van der Waals surface area (Å²) in [7, 11) is 0. The van der Waals surface area contributed by atoms with Crippen LogP contribution < -0.4 is 16.4 Å². The third-order valence-corrected chi connectivity index (χ3v) is 3.08. The second kappa shape index (κ2) is 9.47. The van der Waals surface area contributed by atoms with Crippen molar-refractivity contribution in [2.75, 3.05) is 19.6 Å². The lowest BCUT2D eigenvalue weighted by molar-refractivity contribution is 0.0523. The van der Waals surface area contributed by atoms with Crippen molar-refractivity contribution in [2.24, 2.45) is 5.73 Å². The second-order valence-corrected chi connectivity index (χ2v) is 6.42. The summed E-state index contributed by atoms with van der Waals surface area (Å²) in [5.74, 6) is -0.312. The van der Waals surface area contributed by atoms with Crippen molar-refractivity contribution < 1.29 is 13.9 Å². The zero-order chi connectivity index (χ0) is 17.3. The van der Waals surface area contributed by atoms with E-state index in [4.69, 9.17) is 10.5 Å². The van der Waals surface area contributed by atoms with E-state index in [-0.39, 0.29) is 12.4 Å². The summed E-state index contributed by atoms with van der Waals surface area (Å²) in [6.45, 7) is 7.73. The second-order valence-electron chi connectivity index (χ2n) is 6.42. The summed E-state index contributed by atoms with van der Waals surface area (Å²) in [5, 5.41) is 5.76. The summed E-state index contributed by atoms with van der Waals surface area (Å²) < 4.78 is 19.2. The molecule has 1 aromatic rings. The SMILES string of the molecule is CC(C)(C)OC(=O)NCc1ccc(CCCNCCN)cc1F. The number of nitrogens with one attached hydrogen (secondary N) is 2. The molecular weight excluding hydrogens is 297 g/mol. The first-order valence-corrected chi connectivity index (χ1v) is 7.97. The summed E-state index contributed by atoms with van der Waals surface area (Å²) in [5.41, 5.74) is 6.21. The molecule has 4 N–H and O–H groups in total. The van der Waals surface area contributed by atoms with E-state index >= 15 is 0 Å². The Morgan fingerprint density at radius 1 is 1.30 bits per heavy atom. The topological polar surface area (TPSA) is 76.4 Å². The minimum Gasteiger partial charge on any atom is -0.444 e. The standard InChI is InChI=1S/C17H28FN3O2/c1-17(2,3)23-16(22)21-12-14-7-6-13(11-15(14)18)5-4-9-20-10-8-19/h6-7,11,20H,4-5,8-10,12,19H2,1-3H3,(H,21,22). The molecule has 0 saturated heterocycles. The van der Waals surface area contributed by atoms with Crippen LogP contribution >= 0.6 is 0 Å². The molecule has 0 aliphatic heterocycles. The van der Waals surface area contributed by atoms with Gasteiger partial charge in [-0.05, 0) is 51.8 Å². The molecule has 0 aromatic heterocycles. The fraction of sp³-hybridized carbons (Fsp3) is 0.588. The van der Waals surface area contributed by atoms with Crippen LogP contribution in [-0.4, -0.2) is 31.3 Å². The number of hydrogen-bond donors (Lipinski definition) is 3. The number of amides is 1. The van der Waals surface area contributed by atoms with Gasteiger partial charge in [0.1, 0.15) is 11.4 Å². The molecule has 0 saturated carbocycles. The van der Waals surface area contributed by atoms with Crippen LogP contribution in [0.4, 0.5) is 9.18 Å². The van der Waals surface area contributed by atoms with Crippen molar-refractivity contribution in [3.8, 4) is 0 Å². The molecule has 0 aliphatic rings. The van der Waals surface area contributed by atoms with Crippen LogP contribution in [0.1, 0.15) is 38.3 Å². The number of benzene rings is 1. The van der Waals surface area contributed by atoms with Crippen molar-refractivity contribution in [2.45, 2.75) is 45.8 Å². The van der Waals surface area contributed by atoms with Gasteiger partial charge in [-0.2, -0.15) is 0 Å². The maximum Gasteiger partial charge on any atom is 0.407 e. The van der Waals surface area contributed by atoms with Crippen molar-refractivity contribution in [1.29, 1.82) is 0 Å². The molecule has 130 valence electrons. The molecule has 1 rings (SSSR count). The van der Waals surface area contributed by atoms with E-state index in [1.54, 1.807) is 26.8 Å². The van der Waals surface area contributed by atoms with Gasteiger partial charge in [0.2, 0.25) is 0 Å². The predicted octanol–water partition coefficient (Wildman–Crippen LogP) is 2.33. The minimum atomic E-state index is -0.565. The minimum absolute atomic E-state index is 0.110. The van der Waals surface area contributed by atoms with E-state index in [9.17, 15) is 9.18 Å². The van der Waals surface area contributed by atoms with Gasteiger partial charge in [-0.3, -0.25) is 0 Å². The molecule has 23 heavy (non-hydrogen) atoms. The van der Waals surface area contributed by atoms with E-state index in [2.05, 4.69) is 10.6 Å². The smallest absolute Gasteiger partial charge is 0.407 e. The first kappa shape index (κ1) is 19.4. The summed E-state index contributed by atoms with van der Waals surface area (Å²) in [6, 6.07) is 5.11. The Kier molecular flexibility index (Phi) is 7.98. The van der Waals surface area contributed by atoms with E-state index in [0.29, 0.717) is 12.1 Å². The van der Waals surface area contributed by atoms with Gasteiger partial charge >= 0.3 is 6.09 Å². The van der Waals surface area contributed by atoms with Crippen LogP contribution in [0.15, 0.2) is 18.2 Å². The highest BCUT2D eigenvalue weighted by Gasteiger charge is 2.16. The molecule has 5 nitrogen and oxygen atoms in total. The molecule has 0 heterocycles. The lowest BCUT2D eigenvalue weighted by Gasteiger charge is -2.19. The van der Waals surface area contributed by atoms with Gasteiger partial charge in [0.05, 0.1) is 0 Å². The number of aryl methyl sites for hydroxylation is 1. The van der Waals surface area contributed by atoms with Gasteiger partial charge in [0.25, 0.3) is 0 Å². The van der Waals surface area contributed by atoms with Crippen LogP contribution in [0.5, 0.6) is 0 Å². The van der Waals surface area contributed by atoms with Gasteiger partial charge in [-0.1, -0.05) is 12.1 Å². The molecule has 0 unspecified atom stereocenters. The quantitative estimate of drug-likeness (QED) is 0.641. The van der Waals surface area contributed by atoms with E-state index in [0.717, 1.165) is 31.5 Å². The number of ether oxygens (including phenoxy) is 1. The highest BCUT2D eigenvalue weighted by molar-refractivity contribution is 5.67. The Morgan fingerprint density at radius 2 is 2.04 bits per heavy atom. The van der Waals surface area contributed by atoms with Crippen molar-refractivity contribution in [3.63, 3.8) is 0 Å². The Balaban J connectivity index is 2.42. The number of alkyl carbamates (subject to hydrolysis) is 1. The normalized spacial score (nSPS) is 11.3. The lowest BCUT2D eigenvalue weighted by atomic mass is 10.1. The summed E-state index contributed by atoms with van der Waals surface area (Å²) >= 11 is 0. The first-order chi connectivity index (χ1) is 10.8. The maximum absolute atomic E-state index is 14.0. The number of nitrogens with two attached hydrogens (primary N) is 1. The van der Waals surface area contributed by atoms with Crippen LogP contribution in [0.3, 0.4) is 0 Å². The molecule has 0 bridgehead atoms. The Morgan fingerprint density at radius 3 is 2.65 bits per heavy atom. The van der Waals surface area contributed by atoms with Crippen LogP contribution in [-0.2, 0) is 17.7 Å². The number of carbonyl (C=O) groups is 1. The van der Waals surface area contributed by atoms with Crippen LogP contribution in [0.2, 0.25) is 0 Å². The number of rotatable bonds is 8. The van der Waals surface area contributed by atoms with E-state index < -0.39 is 11.7 Å². The average molecular weight is 325 g/mol. The third kappa shape index (κ3) is 8.52. The van der Waals surface area contributed by atoms with E-state index in [1.807, 2.05) is 6.07 Å². The highest BCUT2D eigenvalue weighted by atomic mass is 19.1. The molecule has 0 fully saturated rings. The largest absolute Gasteiger partial charge is 0.444 e. The predicted molar refractivity (Wildman–Crippen MR) is 89.7 cm³/mol. The van der Waals surface area contributed by atoms with Gasteiger partial charge in [-0.15, -0.1) is 0 Å². The molecule has 0 spiro atoms. The van der Waals surface area contributed by atoms with Gasteiger partial charge < -0.3 is 21.1 Å². The summed E-state index contributed by atoms with van der Waals surface area (Å²) in [4.78, 5) is 11.6. The molecule has 0 atom stereocenters. The number of halogens is 1. The molecule has 6 heteroatoms. The fourth-order valence-electron chi connectivity index (χ4n) is 2.02. The highest BCUT2D eigenvalue weighted by Crippen LogP contribution is 2.13. The van der Waals surface area contributed by atoms with Crippen LogP contribution in [0.25, 0.3) is 0 Å². The fourth-order valence-corrected chi connectivity index (χ4v) is 2.02. The number of hydrogen-bond acceptors (Lipinski definition) is 4. The Hall–Kier alpha value is -1.66. The Labute approximate surface area is 137 Å². The molecule has 0 aliphatic carbocycles. The zero-order valence-electron chi connectivity index (χ0n) is 14.2. The zero-order valence-corrected chi connectivity index (χ0v) is 14.2. The molecule has 1 aromatic carbocycles. The Bertz CT molecular complexity index is 501. The van der Waals surface area contributed by atoms with Crippen molar-refractivity contribution in [1.82, 2.24) is 10.6 Å². The number of carbonyl (C=O) groups excluding carboxylic acids is 1. The van der Waals surface area contributed by atoms with Crippen molar-refractivity contribution in [3.05, 3.63) is 35.1 Å². The summed E-state index contributed by atoms with van der Waals surface area (Å²) in [6.07, 6.45) is 1.18. The van der Waals surface area contributed by atoms with Crippen LogP contribution in [0, 0.1) is 5.82 Å². The van der Waals surface area contributed by atoms with Gasteiger partial charge in [0, 0.05) is 25.2 Å².